The van der Waals surface area contributed by atoms with Gasteiger partial charge in [-0.3, -0.25) is 13.9 Å². The molecule has 0 saturated carbocycles. The van der Waals surface area contributed by atoms with E-state index in [9.17, 15) is 18.0 Å². The zero-order chi connectivity index (χ0) is 21.6. The van der Waals surface area contributed by atoms with Crippen LogP contribution >= 0.6 is 23.2 Å². The number of hydrogen-bond acceptors (Lipinski definition) is 6. The minimum absolute atomic E-state index is 0.0851. The lowest BCUT2D eigenvalue weighted by molar-refractivity contribution is -0.131. The van der Waals surface area contributed by atoms with Crippen molar-refractivity contribution < 1.29 is 22.7 Å². The Morgan fingerprint density at radius 1 is 1.17 bits per heavy atom. The molecule has 0 heterocycles. The number of benzene rings is 2. The molecular weight excluding hydrogens is 441 g/mol. The first kappa shape index (κ1) is 22.7. The molecule has 2 aromatic rings. The molecule has 0 saturated heterocycles. The van der Waals surface area contributed by atoms with Gasteiger partial charge in [0.15, 0.2) is 0 Å². The van der Waals surface area contributed by atoms with Gasteiger partial charge in [-0.05, 0) is 48.0 Å². The summed E-state index contributed by atoms with van der Waals surface area (Å²) in [4.78, 5) is 23.1. The Hall–Kier alpha value is -2.62. The Morgan fingerprint density at radius 3 is 2.41 bits per heavy atom. The lowest BCUT2D eigenvalue weighted by Gasteiger charge is -2.22. The van der Waals surface area contributed by atoms with Crippen molar-refractivity contribution in [2.24, 2.45) is 5.10 Å². The van der Waals surface area contributed by atoms with Gasteiger partial charge in [0.2, 0.25) is 10.0 Å². The number of carbonyl (C=O) groups is 2. The molecule has 0 bridgehead atoms. The van der Waals surface area contributed by atoms with Gasteiger partial charge in [0.05, 0.1) is 23.2 Å². The SMILES string of the molecule is CC(=O)Oc1ccc(/C=N\NC(=O)CN(c2cc(Cl)ccc2Cl)S(C)(=O)=O)cc1. The number of hydrogen-bond donors (Lipinski definition) is 1. The van der Waals surface area contributed by atoms with Crippen LogP contribution in [0.3, 0.4) is 0 Å². The number of carbonyl (C=O) groups excluding carboxylic acids is 2. The van der Waals surface area contributed by atoms with Crippen molar-refractivity contribution in [3.63, 3.8) is 0 Å². The second-order valence-corrected chi connectivity index (χ2v) is 8.57. The van der Waals surface area contributed by atoms with E-state index in [-0.39, 0.29) is 15.7 Å². The fraction of sp³-hybridized carbons (Fsp3) is 0.167. The average molecular weight is 458 g/mol. The number of rotatable bonds is 7. The summed E-state index contributed by atoms with van der Waals surface area (Å²) < 4.78 is 30.0. The highest BCUT2D eigenvalue weighted by Gasteiger charge is 2.23. The molecule has 1 N–H and O–H groups in total. The number of sulfonamides is 1. The maximum atomic E-state index is 12.2. The molecule has 2 rings (SSSR count). The van der Waals surface area contributed by atoms with E-state index in [0.717, 1.165) is 10.6 Å². The van der Waals surface area contributed by atoms with Crippen LogP contribution in [-0.2, 0) is 19.6 Å². The number of amides is 1. The number of anilines is 1. The molecule has 0 aromatic heterocycles. The number of nitrogens with one attached hydrogen (secondary N) is 1. The van der Waals surface area contributed by atoms with Gasteiger partial charge in [0, 0.05) is 11.9 Å². The highest BCUT2D eigenvalue weighted by molar-refractivity contribution is 7.92. The molecule has 0 atom stereocenters. The molecule has 11 heteroatoms. The van der Waals surface area contributed by atoms with Gasteiger partial charge in [-0.1, -0.05) is 23.2 Å². The number of hydrazone groups is 1. The summed E-state index contributed by atoms with van der Waals surface area (Å²) in [7, 11) is -3.81. The van der Waals surface area contributed by atoms with E-state index in [4.69, 9.17) is 27.9 Å². The minimum Gasteiger partial charge on any atom is -0.427 e. The van der Waals surface area contributed by atoms with Crippen molar-refractivity contribution in [2.75, 3.05) is 17.1 Å². The lowest BCUT2D eigenvalue weighted by Crippen LogP contribution is -2.39. The topological polar surface area (TPSA) is 105 Å². The van der Waals surface area contributed by atoms with Crippen LogP contribution in [0.1, 0.15) is 12.5 Å². The van der Waals surface area contributed by atoms with E-state index in [2.05, 4.69) is 10.5 Å². The summed E-state index contributed by atoms with van der Waals surface area (Å²) >= 11 is 12.0. The third-order valence-electron chi connectivity index (χ3n) is 3.41. The van der Waals surface area contributed by atoms with Gasteiger partial charge in [0.1, 0.15) is 12.3 Å². The van der Waals surface area contributed by atoms with Crippen molar-refractivity contribution in [3.8, 4) is 5.75 Å². The summed E-state index contributed by atoms with van der Waals surface area (Å²) in [5.74, 6) is -0.742. The average Bonchev–Trinajstić information content (AvgIpc) is 2.62. The van der Waals surface area contributed by atoms with Crippen LogP contribution in [0, 0.1) is 0 Å². The molecule has 0 aliphatic heterocycles. The van der Waals surface area contributed by atoms with Crippen LogP contribution in [0.15, 0.2) is 47.6 Å². The van der Waals surface area contributed by atoms with Crippen LogP contribution in [0.2, 0.25) is 10.0 Å². The predicted molar refractivity (Wildman–Crippen MR) is 112 cm³/mol. The highest BCUT2D eigenvalue weighted by Crippen LogP contribution is 2.30. The standard InChI is InChI=1S/C18H17Cl2N3O5S/c1-12(24)28-15-6-3-13(4-7-15)10-21-22-18(25)11-23(29(2,26)27)17-9-14(19)5-8-16(17)20/h3-10H,11H2,1-2H3,(H,22,25)/b21-10-. The largest absolute Gasteiger partial charge is 0.427 e. The third kappa shape index (κ3) is 7.04. The molecule has 154 valence electrons. The first-order chi connectivity index (χ1) is 13.6. The number of esters is 1. The molecule has 2 aromatic carbocycles. The monoisotopic (exact) mass is 457 g/mol. The summed E-state index contributed by atoms with van der Waals surface area (Å²) in [6, 6.07) is 10.7. The predicted octanol–water partition coefficient (Wildman–Crippen LogP) is 2.84. The highest BCUT2D eigenvalue weighted by atomic mass is 35.5. The quantitative estimate of drug-likeness (QED) is 0.297. The van der Waals surface area contributed by atoms with E-state index >= 15 is 0 Å². The Labute approximate surface area is 178 Å². The molecule has 0 unspecified atom stereocenters. The van der Waals surface area contributed by atoms with E-state index < -0.39 is 28.4 Å². The van der Waals surface area contributed by atoms with Crippen LogP contribution in [0.25, 0.3) is 0 Å². The van der Waals surface area contributed by atoms with E-state index in [0.29, 0.717) is 11.3 Å². The van der Waals surface area contributed by atoms with Crippen LogP contribution in [0.4, 0.5) is 5.69 Å². The van der Waals surface area contributed by atoms with Crippen molar-refractivity contribution >= 4 is 57.0 Å². The first-order valence-electron chi connectivity index (χ1n) is 8.09. The zero-order valence-electron chi connectivity index (χ0n) is 15.4. The van der Waals surface area contributed by atoms with Crippen molar-refractivity contribution in [2.45, 2.75) is 6.92 Å². The third-order valence-corrected chi connectivity index (χ3v) is 5.09. The van der Waals surface area contributed by atoms with E-state index in [1.165, 1.54) is 31.3 Å². The van der Waals surface area contributed by atoms with Crippen LogP contribution in [-0.4, -0.2) is 39.3 Å². The Morgan fingerprint density at radius 2 is 1.83 bits per heavy atom. The number of ether oxygens (including phenoxy) is 1. The van der Waals surface area contributed by atoms with E-state index in [1.54, 1.807) is 24.3 Å². The normalized spacial score (nSPS) is 11.3. The molecular formula is C18H17Cl2N3O5S. The molecule has 0 radical (unpaired) electrons. The van der Waals surface area contributed by atoms with Crippen molar-refractivity contribution in [1.82, 2.24) is 5.43 Å². The lowest BCUT2D eigenvalue weighted by atomic mass is 10.2. The molecule has 0 aliphatic carbocycles. The minimum atomic E-state index is -3.81. The fourth-order valence-corrected chi connectivity index (χ4v) is 3.49. The first-order valence-corrected chi connectivity index (χ1v) is 10.7. The van der Waals surface area contributed by atoms with Gasteiger partial charge in [-0.2, -0.15) is 5.10 Å². The fourth-order valence-electron chi connectivity index (χ4n) is 2.19. The van der Waals surface area contributed by atoms with Gasteiger partial charge >= 0.3 is 5.97 Å². The van der Waals surface area contributed by atoms with Crippen molar-refractivity contribution in [1.29, 1.82) is 0 Å². The molecule has 1 amide bonds. The Balaban J connectivity index is 2.06. The number of halogens is 2. The second kappa shape index (κ2) is 9.73. The van der Waals surface area contributed by atoms with Gasteiger partial charge < -0.3 is 4.74 Å². The summed E-state index contributed by atoms with van der Waals surface area (Å²) in [5.41, 5.74) is 2.96. The Kier molecular flexibility index (Phi) is 7.60. The molecule has 0 spiro atoms. The summed E-state index contributed by atoms with van der Waals surface area (Å²) in [6.45, 7) is 0.753. The zero-order valence-corrected chi connectivity index (χ0v) is 17.8. The van der Waals surface area contributed by atoms with Crippen molar-refractivity contribution in [3.05, 3.63) is 58.1 Å². The van der Waals surface area contributed by atoms with Gasteiger partial charge in [-0.15, -0.1) is 0 Å². The smallest absolute Gasteiger partial charge is 0.308 e. The van der Waals surface area contributed by atoms with Crippen LogP contribution < -0.4 is 14.5 Å². The van der Waals surface area contributed by atoms with Crippen LogP contribution in [0.5, 0.6) is 5.75 Å². The van der Waals surface area contributed by atoms with E-state index in [1.807, 2.05) is 0 Å². The molecule has 8 nitrogen and oxygen atoms in total. The molecule has 29 heavy (non-hydrogen) atoms. The Bertz CT molecular complexity index is 1040. The van der Waals surface area contributed by atoms with Gasteiger partial charge in [0.25, 0.3) is 5.91 Å². The summed E-state index contributed by atoms with van der Waals surface area (Å²) in [6.07, 6.45) is 2.30. The molecule has 0 fully saturated rings. The summed E-state index contributed by atoms with van der Waals surface area (Å²) in [5, 5.41) is 4.19. The molecule has 0 aliphatic rings. The maximum Gasteiger partial charge on any atom is 0.308 e. The number of nitrogens with zero attached hydrogens (tertiary/aromatic N) is 2. The maximum absolute atomic E-state index is 12.2. The second-order valence-electron chi connectivity index (χ2n) is 5.82. The van der Waals surface area contributed by atoms with Gasteiger partial charge in [-0.25, -0.2) is 13.8 Å².